The van der Waals surface area contributed by atoms with Gasteiger partial charge < -0.3 is 20.6 Å². The molecule has 1 unspecified atom stereocenters. The second-order valence-corrected chi connectivity index (χ2v) is 4.82. The zero-order chi connectivity index (χ0) is 16.0. The number of hydrogen-bond donors (Lipinski definition) is 3. The lowest BCUT2D eigenvalue weighted by Crippen LogP contribution is -2.63. The summed E-state index contributed by atoms with van der Waals surface area (Å²) in [4.78, 5) is 23.9. The van der Waals surface area contributed by atoms with E-state index < -0.39 is 23.7 Å². The van der Waals surface area contributed by atoms with Gasteiger partial charge in [0.05, 0.1) is 0 Å². The molecule has 0 bridgehead atoms. The zero-order valence-electron chi connectivity index (χ0n) is 11.7. The molecule has 2 amide bonds. The molecule has 0 rings (SSSR count). The van der Waals surface area contributed by atoms with Gasteiger partial charge in [0.2, 0.25) is 5.54 Å². The average Bonchev–Trinajstić information content (AvgIpc) is 2.26. The monoisotopic (exact) mass is 299 g/mol. The fraction of sp³-hybridized carbons (Fsp3) is 0.818. The van der Waals surface area contributed by atoms with Crippen LogP contribution in [-0.4, -0.2) is 60.9 Å². The smallest absolute Gasteiger partial charge is 0.422 e. The number of urea groups is 1. The molecule has 9 heteroatoms. The summed E-state index contributed by atoms with van der Waals surface area (Å²) in [5.41, 5.74) is -3.30. The summed E-state index contributed by atoms with van der Waals surface area (Å²) in [6.45, 7) is 1.37. The minimum absolute atomic E-state index is 0.174. The number of carbonyl (C=O) groups excluding carboxylic acids is 1. The highest BCUT2D eigenvalue weighted by Crippen LogP contribution is 2.30. The lowest BCUT2D eigenvalue weighted by atomic mass is 10.0. The molecule has 0 spiro atoms. The van der Waals surface area contributed by atoms with Crippen LogP contribution < -0.4 is 10.6 Å². The zero-order valence-corrected chi connectivity index (χ0v) is 11.7. The van der Waals surface area contributed by atoms with Crippen LogP contribution in [0.25, 0.3) is 0 Å². The van der Waals surface area contributed by atoms with E-state index in [0.717, 1.165) is 13.0 Å². The molecule has 0 saturated carbocycles. The third kappa shape index (κ3) is 5.64. The fourth-order valence-electron chi connectivity index (χ4n) is 1.27. The lowest BCUT2D eigenvalue weighted by molar-refractivity contribution is -0.203. The molecule has 0 saturated heterocycles. The van der Waals surface area contributed by atoms with Gasteiger partial charge in [-0.3, -0.25) is 0 Å². The van der Waals surface area contributed by atoms with Gasteiger partial charge in [-0.2, -0.15) is 13.2 Å². The van der Waals surface area contributed by atoms with Crippen molar-refractivity contribution in [3.8, 4) is 0 Å². The highest BCUT2D eigenvalue weighted by molar-refractivity contribution is 5.86. The molecule has 1 atom stereocenters. The Kier molecular flexibility index (Phi) is 6.77. The Morgan fingerprint density at radius 1 is 1.20 bits per heavy atom. The van der Waals surface area contributed by atoms with Gasteiger partial charge in [-0.1, -0.05) is 0 Å². The molecule has 0 aliphatic rings. The summed E-state index contributed by atoms with van der Waals surface area (Å²) < 4.78 is 37.9. The average molecular weight is 299 g/mol. The topological polar surface area (TPSA) is 81.7 Å². The van der Waals surface area contributed by atoms with Crippen LogP contribution in [0.1, 0.15) is 19.8 Å². The highest BCUT2D eigenvalue weighted by Gasteiger charge is 2.58. The van der Waals surface area contributed by atoms with E-state index in [0.29, 0.717) is 13.3 Å². The van der Waals surface area contributed by atoms with Crippen LogP contribution in [0, 0.1) is 0 Å². The molecule has 0 aromatic carbocycles. The van der Waals surface area contributed by atoms with Crippen molar-refractivity contribution in [1.29, 1.82) is 0 Å². The maximum atomic E-state index is 12.6. The first-order valence-corrected chi connectivity index (χ1v) is 6.01. The molecule has 118 valence electrons. The Morgan fingerprint density at radius 3 is 2.15 bits per heavy atom. The standard InChI is InChI=1S/C11H20F3N3O3/c1-10(8(18)19,11(12,13)14)16-9(20)15-6-4-5-7-17(2)3/h4-7H2,1-3H3,(H,18,19)(H2,15,16,20). The molecule has 0 radical (unpaired) electrons. The maximum absolute atomic E-state index is 12.6. The number of unbranched alkanes of at least 4 members (excludes halogenated alkanes) is 1. The predicted molar refractivity (Wildman–Crippen MR) is 66.4 cm³/mol. The predicted octanol–water partition coefficient (Wildman–Crippen LogP) is 1.03. The molecular formula is C11H20F3N3O3. The second kappa shape index (κ2) is 7.32. The normalized spacial score (nSPS) is 14.8. The highest BCUT2D eigenvalue weighted by atomic mass is 19.4. The fourth-order valence-corrected chi connectivity index (χ4v) is 1.27. The van der Waals surface area contributed by atoms with Crippen molar-refractivity contribution in [3.05, 3.63) is 0 Å². The molecule has 0 fully saturated rings. The Morgan fingerprint density at radius 2 is 1.75 bits per heavy atom. The van der Waals surface area contributed by atoms with Crippen LogP contribution in [-0.2, 0) is 4.79 Å². The first-order valence-electron chi connectivity index (χ1n) is 6.01. The molecule has 0 aromatic rings. The number of amides is 2. The summed E-state index contributed by atoms with van der Waals surface area (Å²) in [5.74, 6) is -2.16. The minimum atomic E-state index is -5.08. The van der Waals surface area contributed by atoms with E-state index in [1.165, 1.54) is 5.32 Å². The van der Waals surface area contributed by atoms with Gasteiger partial charge in [-0.05, 0) is 40.4 Å². The van der Waals surface area contributed by atoms with E-state index in [1.54, 1.807) is 0 Å². The Labute approximate surface area is 115 Å². The first-order chi connectivity index (χ1) is 9.00. The van der Waals surface area contributed by atoms with Crippen LogP contribution in [0.5, 0.6) is 0 Å². The molecule has 20 heavy (non-hydrogen) atoms. The van der Waals surface area contributed by atoms with Crippen molar-refractivity contribution in [3.63, 3.8) is 0 Å². The summed E-state index contributed by atoms with van der Waals surface area (Å²) in [7, 11) is 3.75. The number of carboxylic acids is 1. The number of hydrogen-bond acceptors (Lipinski definition) is 3. The Bertz CT molecular complexity index is 348. The minimum Gasteiger partial charge on any atom is -0.479 e. The third-order valence-corrected chi connectivity index (χ3v) is 2.68. The first kappa shape index (κ1) is 18.5. The van der Waals surface area contributed by atoms with E-state index in [-0.39, 0.29) is 6.54 Å². The SMILES string of the molecule is CN(C)CCCCNC(=O)NC(C)(C(=O)O)C(F)(F)F. The Hall–Kier alpha value is -1.51. The molecule has 3 N–H and O–H groups in total. The summed E-state index contributed by atoms with van der Waals surface area (Å²) in [5, 5.41) is 12.3. The summed E-state index contributed by atoms with van der Waals surface area (Å²) in [6.07, 6.45) is -3.73. The van der Waals surface area contributed by atoms with Crippen LogP contribution in [0.2, 0.25) is 0 Å². The number of nitrogens with zero attached hydrogens (tertiary/aromatic N) is 1. The van der Waals surface area contributed by atoms with E-state index in [4.69, 9.17) is 5.11 Å². The molecule has 0 aromatic heterocycles. The number of alkyl halides is 3. The van der Waals surface area contributed by atoms with E-state index >= 15 is 0 Å². The molecule has 6 nitrogen and oxygen atoms in total. The van der Waals surface area contributed by atoms with Crippen LogP contribution in [0.15, 0.2) is 0 Å². The van der Waals surface area contributed by atoms with Crippen LogP contribution in [0.4, 0.5) is 18.0 Å². The number of halogens is 3. The number of rotatable bonds is 7. The Balaban J connectivity index is 4.27. The number of carboxylic acid groups (broad SMARTS) is 1. The van der Waals surface area contributed by atoms with Gasteiger partial charge in [0, 0.05) is 6.54 Å². The van der Waals surface area contributed by atoms with E-state index in [9.17, 15) is 22.8 Å². The van der Waals surface area contributed by atoms with Gasteiger partial charge in [-0.15, -0.1) is 0 Å². The second-order valence-electron chi connectivity index (χ2n) is 4.82. The maximum Gasteiger partial charge on any atom is 0.422 e. The summed E-state index contributed by atoms with van der Waals surface area (Å²) >= 11 is 0. The van der Waals surface area contributed by atoms with E-state index in [1.807, 2.05) is 19.0 Å². The van der Waals surface area contributed by atoms with Crippen molar-refractivity contribution in [2.75, 3.05) is 27.2 Å². The van der Waals surface area contributed by atoms with Crippen molar-refractivity contribution in [1.82, 2.24) is 15.5 Å². The molecular weight excluding hydrogens is 279 g/mol. The van der Waals surface area contributed by atoms with Gasteiger partial charge >= 0.3 is 18.2 Å². The quantitative estimate of drug-likeness (QED) is 0.613. The molecule has 0 heterocycles. The van der Waals surface area contributed by atoms with Gasteiger partial charge in [0.1, 0.15) is 0 Å². The van der Waals surface area contributed by atoms with Crippen molar-refractivity contribution in [2.45, 2.75) is 31.5 Å². The van der Waals surface area contributed by atoms with E-state index in [2.05, 4.69) is 5.32 Å². The molecule has 0 aliphatic carbocycles. The molecule has 0 aliphatic heterocycles. The number of carbonyl (C=O) groups is 2. The number of nitrogens with one attached hydrogen (secondary N) is 2. The lowest BCUT2D eigenvalue weighted by Gasteiger charge is -2.28. The largest absolute Gasteiger partial charge is 0.479 e. The summed E-state index contributed by atoms with van der Waals surface area (Å²) in [6, 6.07) is -1.16. The van der Waals surface area contributed by atoms with Gasteiger partial charge in [0.15, 0.2) is 0 Å². The van der Waals surface area contributed by atoms with Crippen LogP contribution in [0.3, 0.4) is 0 Å². The third-order valence-electron chi connectivity index (χ3n) is 2.68. The van der Waals surface area contributed by atoms with Crippen molar-refractivity contribution < 1.29 is 27.9 Å². The number of aliphatic carboxylic acids is 1. The van der Waals surface area contributed by atoms with Gasteiger partial charge in [0.25, 0.3) is 0 Å². The van der Waals surface area contributed by atoms with Gasteiger partial charge in [-0.25, -0.2) is 9.59 Å². The van der Waals surface area contributed by atoms with Crippen LogP contribution >= 0.6 is 0 Å². The van der Waals surface area contributed by atoms with Crippen molar-refractivity contribution in [2.24, 2.45) is 0 Å². The van der Waals surface area contributed by atoms with Crippen molar-refractivity contribution >= 4 is 12.0 Å².